The number of hydrogen-bond donors (Lipinski definition) is 3. The molecule has 6 heteroatoms. The van der Waals surface area contributed by atoms with Crippen molar-refractivity contribution in [1.82, 2.24) is 5.32 Å². The number of nitrogens with two attached hydrogens (primary N) is 1. The second-order valence-corrected chi connectivity index (χ2v) is 5.23. The highest BCUT2D eigenvalue weighted by Crippen LogP contribution is 2.09. The number of amidine groups is 1. The fourth-order valence-electron chi connectivity index (χ4n) is 1.49. The smallest absolute Gasteiger partial charge is 0.156 e. The SMILES string of the molecule is CC(NC1CCS(=O)CC1)/C(N)=N/O. The molecule has 1 heterocycles. The van der Waals surface area contributed by atoms with Crippen molar-refractivity contribution in [1.29, 1.82) is 0 Å². The van der Waals surface area contributed by atoms with Crippen LogP contribution in [0.3, 0.4) is 0 Å². The van der Waals surface area contributed by atoms with Gasteiger partial charge in [-0.2, -0.15) is 0 Å². The van der Waals surface area contributed by atoms with E-state index in [2.05, 4.69) is 10.5 Å². The lowest BCUT2D eigenvalue weighted by molar-refractivity contribution is 0.313. The summed E-state index contributed by atoms with van der Waals surface area (Å²) in [5.74, 6) is 1.69. The summed E-state index contributed by atoms with van der Waals surface area (Å²) in [5.41, 5.74) is 5.44. The van der Waals surface area contributed by atoms with Gasteiger partial charge in [0.05, 0.1) is 6.04 Å². The molecule has 0 saturated carbocycles. The molecule has 82 valence electrons. The predicted molar refractivity (Wildman–Crippen MR) is 56.9 cm³/mol. The second kappa shape index (κ2) is 5.31. The monoisotopic (exact) mass is 219 g/mol. The van der Waals surface area contributed by atoms with Crippen molar-refractivity contribution in [2.75, 3.05) is 11.5 Å². The fraction of sp³-hybridized carbons (Fsp3) is 0.875. The van der Waals surface area contributed by atoms with Crippen LogP contribution in [0.25, 0.3) is 0 Å². The molecule has 14 heavy (non-hydrogen) atoms. The molecular formula is C8H17N3O2S. The van der Waals surface area contributed by atoms with Crippen LogP contribution in [0.4, 0.5) is 0 Å². The normalized spacial score (nSPS) is 31.4. The summed E-state index contributed by atoms with van der Waals surface area (Å²) in [5, 5.41) is 14.6. The van der Waals surface area contributed by atoms with E-state index < -0.39 is 10.8 Å². The third kappa shape index (κ3) is 3.26. The third-order valence-corrected chi connectivity index (χ3v) is 3.81. The third-order valence-electron chi connectivity index (χ3n) is 2.43. The predicted octanol–water partition coefficient (Wildman–Crippen LogP) is -0.378. The average Bonchev–Trinajstić information content (AvgIpc) is 2.20. The van der Waals surface area contributed by atoms with Gasteiger partial charge >= 0.3 is 0 Å². The Morgan fingerprint density at radius 3 is 2.71 bits per heavy atom. The van der Waals surface area contributed by atoms with E-state index in [4.69, 9.17) is 10.9 Å². The quantitative estimate of drug-likeness (QED) is 0.261. The minimum atomic E-state index is -0.639. The van der Waals surface area contributed by atoms with Crippen LogP contribution >= 0.6 is 0 Å². The van der Waals surface area contributed by atoms with Crippen molar-refractivity contribution in [3.8, 4) is 0 Å². The largest absolute Gasteiger partial charge is 0.409 e. The first-order valence-electron chi connectivity index (χ1n) is 4.72. The average molecular weight is 219 g/mol. The summed E-state index contributed by atoms with van der Waals surface area (Å²) in [4.78, 5) is 0. The first-order valence-corrected chi connectivity index (χ1v) is 6.20. The number of nitrogens with zero attached hydrogens (tertiary/aromatic N) is 1. The molecule has 0 aromatic rings. The van der Waals surface area contributed by atoms with Gasteiger partial charge in [-0.15, -0.1) is 0 Å². The Balaban J connectivity index is 2.34. The fourth-order valence-corrected chi connectivity index (χ4v) is 2.78. The molecule has 0 spiro atoms. The Bertz CT molecular complexity index is 235. The zero-order valence-electron chi connectivity index (χ0n) is 8.27. The molecular weight excluding hydrogens is 202 g/mol. The molecule has 1 unspecified atom stereocenters. The zero-order chi connectivity index (χ0) is 10.6. The van der Waals surface area contributed by atoms with Crippen LogP contribution in [-0.4, -0.2) is 38.8 Å². The Labute approximate surface area is 86.2 Å². The highest BCUT2D eigenvalue weighted by atomic mass is 32.2. The highest BCUT2D eigenvalue weighted by Gasteiger charge is 2.20. The van der Waals surface area contributed by atoms with Gasteiger partial charge in [-0.25, -0.2) is 0 Å². The maximum atomic E-state index is 11.1. The molecule has 1 aliphatic heterocycles. The minimum absolute atomic E-state index is 0.128. The summed E-state index contributed by atoms with van der Waals surface area (Å²) >= 11 is 0. The van der Waals surface area contributed by atoms with Gasteiger partial charge in [0.1, 0.15) is 0 Å². The molecule has 0 amide bonds. The van der Waals surface area contributed by atoms with Crippen LogP contribution in [-0.2, 0) is 10.8 Å². The molecule has 1 fully saturated rings. The summed E-state index contributed by atoms with van der Waals surface area (Å²) in [6.07, 6.45) is 1.80. The van der Waals surface area contributed by atoms with Crippen LogP contribution in [0.5, 0.6) is 0 Å². The molecule has 5 nitrogen and oxygen atoms in total. The summed E-state index contributed by atoms with van der Waals surface area (Å²) < 4.78 is 11.1. The van der Waals surface area contributed by atoms with Gasteiger partial charge in [-0.3, -0.25) is 4.21 Å². The summed E-state index contributed by atoms with van der Waals surface area (Å²) in [6.45, 7) is 1.85. The van der Waals surface area contributed by atoms with Crippen molar-refractivity contribution in [3.05, 3.63) is 0 Å². The molecule has 0 radical (unpaired) electrons. The molecule has 0 aromatic heterocycles. The molecule has 0 bridgehead atoms. The molecule has 1 rings (SSSR count). The topological polar surface area (TPSA) is 87.7 Å². The van der Waals surface area contributed by atoms with E-state index >= 15 is 0 Å². The van der Waals surface area contributed by atoms with Crippen LogP contribution < -0.4 is 11.1 Å². The number of nitrogens with one attached hydrogen (secondary N) is 1. The van der Waals surface area contributed by atoms with E-state index in [0.29, 0.717) is 6.04 Å². The molecule has 4 N–H and O–H groups in total. The van der Waals surface area contributed by atoms with Crippen LogP contribution in [0.1, 0.15) is 19.8 Å². The molecule has 0 aliphatic carbocycles. The van der Waals surface area contributed by atoms with Crippen LogP contribution in [0.2, 0.25) is 0 Å². The summed E-state index contributed by atoms with van der Waals surface area (Å²) in [7, 11) is -0.639. The van der Waals surface area contributed by atoms with Crippen LogP contribution in [0, 0.1) is 0 Å². The van der Waals surface area contributed by atoms with Crippen molar-refractivity contribution in [3.63, 3.8) is 0 Å². The van der Waals surface area contributed by atoms with E-state index in [0.717, 1.165) is 24.3 Å². The lowest BCUT2D eigenvalue weighted by Crippen LogP contribution is -2.46. The van der Waals surface area contributed by atoms with E-state index in [1.54, 1.807) is 0 Å². The second-order valence-electron chi connectivity index (χ2n) is 3.54. The Morgan fingerprint density at radius 1 is 1.64 bits per heavy atom. The van der Waals surface area contributed by atoms with Gasteiger partial charge in [0.2, 0.25) is 0 Å². The number of hydrogen-bond acceptors (Lipinski definition) is 4. The van der Waals surface area contributed by atoms with Crippen molar-refractivity contribution >= 4 is 16.6 Å². The van der Waals surface area contributed by atoms with Gasteiger partial charge in [-0.1, -0.05) is 5.16 Å². The number of oxime groups is 1. The number of rotatable bonds is 3. The van der Waals surface area contributed by atoms with Gasteiger partial charge in [0.15, 0.2) is 5.84 Å². The summed E-state index contributed by atoms with van der Waals surface area (Å²) in [6, 6.07) is 0.208. The minimum Gasteiger partial charge on any atom is -0.409 e. The first-order chi connectivity index (χ1) is 6.63. The molecule has 1 atom stereocenters. The lowest BCUT2D eigenvalue weighted by atomic mass is 10.1. The molecule has 1 saturated heterocycles. The van der Waals surface area contributed by atoms with Crippen molar-refractivity contribution < 1.29 is 9.42 Å². The van der Waals surface area contributed by atoms with Gasteiger partial charge in [-0.05, 0) is 19.8 Å². The highest BCUT2D eigenvalue weighted by molar-refractivity contribution is 7.85. The Kier molecular flexibility index (Phi) is 4.34. The molecule has 1 aliphatic rings. The Hall–Kier alpha value is -0.620. The van der Waals surface area contributed by atoms with E-state index in [1.165, 1.54) is 0 Å². The maximum absolute atomic E-state index is 11.1. The van der Waals surface area contributed by atoms with Crippen molar-refractivity contribution in [2.24, 2.45) is 10.9 Å². The standard InChI is InChI=1S/C8H17N3O2S/c1-6(8(9)11-12)10-7-2-4-14(13)5-3-7/h6-7,10,12H,2-5H2,1H3,(H2,9,11). The zero-order valence-corrected chi connectivity index (χ0v) is 9.09. The lowest BCUT2D eigenvalue weighted by Gasteiger charge is -2.25. The van der Waals surface area contributed by atoms with Gasteiger partial charge in [0.25, 0.3) is 0 Å². The first kappa shape index (κ1) is 11.5. The van der Waals surface area contributed by atoms with E-state index in [9.17, 15) is 4.21 Å². The van der Waals surface area contributed by atoms with Crippen LogP contribution in [0.15, 0.2) is 5.16 Å². The van der Waals surface area contributed by atoms with E-state index in [1.807, 2.05) is 6.92 Å². The maximum Gasteiger partial charge on any atom is 0.156 e. The van der Waals surface area contributed by atoms with E-state index in [-0.39, 0.29) is 11.9 Å². The Morgan fingerprint density at radius 2 is 2.21 bits per heavy atom. The van der Waals surface area contributed by atoms with Crippen molar-refractivity contribution in [2.45, 2.75) is 31.8 Å². The van der Waals surface area contributed by atoms with Gasteiger partial charge < -0.3 is 16.3 Å². The molecule has 0 aromatic carbocycles. The van der Waals surface area contributed by atoms with Gasteiger partial charge in [0, 0.05) is 28.3 Å².